The van der Waals surface area contributed by atoms with Crippen molar-refractivity contribution in [2.24, 2.45) is 0 Å². The first-order valence-corrected chi connectivity index (χ1v) is 8.65. The zero-order valence-corrected chi connectivity index (χ0v) is 15.2. The van der Waals surface area contributed by atoms with E-state index in [0.717, 1.165) is 11.1 Å². The first-order valence-electron chi connectivity index (χ1n) is 8.65. The lowest BCUT2D eigenvalue weighted by molar-refractivity contribution is -0.140. The Morgan fingerprint density at radius 2 is 1.64 bits per heavy atom. The van der Waals surface area contributed by atoms with Crippen LogP contribution >= 0.6 is 0 Å². The number of nitrogens with one attached hydrogen (secondary N) is 1. The molecule has 1 N–H and O–H groups in total. The second-order valence-electron chi connectivity index (χ2n) is 6.18. The Labute approximate surface area is 149 Å². The molecule has 0 unspecified atom stereocenters. The smallest absolute Gasteiger partial charge is 0.242 e. The fourth-order valence-corrected chi connectivity index (χ4v) is 2.81. The van der Waals surface area contributed by atoms with Gasteiger partial charge in [0.25, 0.3) is 0 Å². The maximum absolute atomic E-state index is 12.6. The van der Waals surface area contributed by atoms with E-state index in [9.17, 15) is 9.59 Å². The molecule has 0 fully saturated rings. The van der Waals surface area contributed by atoms with Crippen molar-refractivity contribution in [1.29, 1.82) is 0 Å². The minimum absolute atomic E-state index is 0.0230. The van der Waals surface area contributed by atoms with E-state index in [4.69, 9.17) is 0 Å². The van der Waals surface area contributed by atoms with E-state index < -0.39 is 6.04 Å². The van der Waals surface area contributed by atoms with Crippen molar-refractivity contribution in [2.45, 2.75) is 39.3 Å². The molecule has 4 heteroatoms. The number of rotatable bonds is 7. The number of carbonyl (C=O) groups is 2. The minimum atomic E-state index is -0.527. The molecule has 4 nitrogen and oxygen atoms in total. The van der Waals surface area contributed by atoms with Gasteiger partial charge in [-0.05, 0) is 18.1 Å². The second kappa shape index (κ2) is 9.02. The highest BCUT2D eigenvalue weighted by atomic mass is 16.2. The van der Waals surface area contributed by atoms with Crippen LogP contribution in [0.3, 0.4) is 0 Å². The van der Waals surface area contributed by atoms with Crippen molar-refractivity contribution >= 4 is 11.8 Å². The fraction of sp³-hybridized carbons (Fsp3) is 0.333. The first-order chi connectivity index (χ1) is 12.0. The normalized spacial score (nSPS) is 11.6. The van der Waals surface area contributed by atoms with E-state index in [1.807, 2.05) is 68.4 Å². The fourth-order valence-electron chi connectivity index (χ4n) is 2.81. The molecule has 25 heavy (non-hydrogen) atoms. The van der Waals surface area contributed by atoms with Crippen molar-refractivity contribution in [2.75, 3.05) is 7.05 Å². The summed E-state index contributed by atoms with van der Waals surface area (Å²) in [5.74, 6) is -0.164. The van der Waals surface area contributed by atoms with Gasteiger partial charge in [-0.3, -0.25) is 9.59 Å². The van der Waals surface area contributed by atoms with Gasteiger partial charge in [0, 0.05) is 26.4 Å². The van der Waals surface area contributed by atoms with Crippen LogP contribution in [0.1, 0.15) is 30.0 Å². The zero-order valence-electron chi connectivity index (χ0n) is 15.2. The summed E-state index contributed by atoms with van der Waals surface area (Å²) in [6, 6.07) is 17.3. The van der Waals surface area contributed by atoms with Crippen LogP contribution in [0.5, 0.6) is 0 Å². The maximum Gasteiger partial charge on any atom is 0.242 e. The molecule has 132 valence electrons. The number of hydrogen-bond donors (Lipinski definition) is 1. The zero-order chi connectivity index (χ0) is 18.2. The van der Waals surface area contributed by atoms with Gasteiger partial charge >= 0.3 is 0 Å². The van der Waals surface area contributed by atoms with Gasteiger partial charge in [-0.25, -0.2) is 0 Å². The van der Waals surface area contributed by atoms with E-state index in [-0.39, 0.29) is 11.8 Å². The van der Waals surface area contributed by atoms with E-state index in [1.165, 1.54) is 5.56 Å². The molecule has 0 radical (unpaired) electrons. The molecule has 0 aliphatic carbocycles. The van der Waals surface area contributed by atoms with Gasteiger partial charge < -0.3 is 10.2 Å². The van der Waals surface area contributed by atoms with Crippen LogP contribution in [0.25, 0.3) is 0 Å². The highest BCUT2D eigenvalue weighted by Gasteiger charge is 2.28. The molecule has 2 aromatic carbocycles. The molecule has 0 spiro atoms. The third-order valence-corrected chi connectivity index (χ3v) is 4.29. The van der Waals surface area contributed by atoms with Gasteiger partial charge in [-0.1, -0.05) is 67.1 Å². The lowest BCUT2D eigenvalue weighted by Gasteiger charge is -2.31. The van der Waals surface area contributed by atoms with Crippen LogP contribution in [-0.2, 0) is 22.6 Å². The van der Waals surface area contributed by atoms with E-state index in [0.29, 0.717) is 19.4 Å². The Bertz CT molecular complexity index is 696. The van der Waals surface area contributed by atoms with Gasteiger partial charge in [0.15, 0.2) is 0 Å². The summed E-state index contributed by atoms with van der Waals surface area (Å²) in [6.07, 6.45) is 0.867. The lowest BCUT2D eigenvalue weighted by Crippen LogP contribution is -2.49. The highest BCUT2D eigenvalue weighted by molar-refractivity contribution is 5.87. The molecule has 0 saturated heterocycles. The number of carbonyl (C=O) groups excluding carboxylic acids is 2. The number of likely N-dealkylation sites (N-methyl/N-ethyl adjacent to an activating group) is 1. The second-order valence-corrected chi connectivity index (χ2v) is 6.18. The number of benzene rings is 2. The van der Waals surface area contributed by atoms with Crippen LogP contribution in [0.15, 0.2) is 54.6 Å². The van der Waals surface area contributed by atoms with Gasteiger partial charge in [-0.2, -0.15) is 0 Å². The summed E-state index contributed by atoms with van der Waals surface area (Å²) in [5, 5.41) is 2.71. The SMILES string of the molecule is CCC(=O)N(Cc1ccc(C)cc1)[C@@H](Cc1ccccc1)C(=O)NC. The molecule has 1 atom stereocenters. The molecule has 0 aliphatic rings. The average molecular weight is 338 g/mol. The summed E-state index contributed by atoms with van der Waals surface area (Å²) in [7, 11) is 1.61. The predicted molar refractivity (Wildman–Crippen MR) is 100 cm³/mol. The largest absolute Gasteiger partial charge is 0.357 e. The van der Waals surface area contributed by atoms with Crippen LogP contribution in [0.4, 0.5) is 0 Å². The van der Waals surface area contributed by atoms with Gasteiger partial charge in [0.05, 0.1) is 0 Å². The molecule has 2 rings (SSSR count). The molecule has 2 amide bonds. The topological polar surface area (TPSA) is 49.4 Å². The summed E-state index contributed by atoms with van der Waals surface area (Å²) in [5.41, 5.74) is 3.23. The van der Waals surface area contributed by atoms with Gasteiger partial charge in [0.2, 0.25) is 11.8 Å². The molecule has 0 bridgehead atoms. The Balaban J connectivity index is 2.30. The minimum Gasteiger partial charge on any atom is -0.357 e. The summed E-state index contributed by atoms with van der Waals surface area (Å²) in [4.78, 5) is 26.8. The molecular formula is C21H26N2O2. The number of amides is 2. The maximum atomic E-state index is 12.6. The van der Waals surface area contributed by atoms with Crippen molar-refractivity contribution in [3.63, 3.8) is 0 Å². The molecule has 0 heterocycles. The van der Waals surface area contributed by atoms with Gasteiger partial charge in [0.1, 0.15) is 6.04 Å². The van der Waals surface area contributed by atoms with Crippen LogP contribution in [-0.4, -0.2) is 29.8 Å². The molecule has 0 aliphatic heterocycles. The monoisotopic (exact) mass is 338 g/mol. The van der Waals surface area contributed by atoms with Crippen LogP contribution < -0.4 is 5.32 Å². The third kappa shape index (κ3) is 5.18. The van der Waals surface area contributed by atoms with Gasteiger partial charge in [-0.15, -0.1) is 0 Å². The standard InChI is InChI=1S/C21H26N2O2/c1-4-20(24)23(15-18-12-10-16(2)11-13-18)19(21(25)22-3)14-17-8-6-5-7-9-17/h5-13,19H,4,14-15H2,1-3H3,(H,22,25)/t19-/m0/s1. The third-order valence-electron chi connectivity index (χ3n) is 4.29. The number of aryl methyl sites for hydroxylation is 1. The van der Waals surface area contributed by atoms with Crippen molar-refractivity contribution in [3.8, 4) is 0 Å². The Kier molecular flexibility index (Phi) is 6.75. The molecular weight excluding hydrogens is 312 g/mol. The number of hydrogen-bond acceptors (Lipinski definition) is 2. The average Bonchev–Trinajstić information content (AvgIpc) is 2.65. The Morgan fingerprint density at radius 3 is 2.20 bits per heavy atom. The predicted octanol–water partition coefficient (Wildman–Crippen LogP) is 3.09. The highest BCUT2D eigenvalue weighted by Crippen LogP contribution is 2.16. The van der Waals surface area contributed by atoms with E-state index >= 15 is 0 Å². The number of nitrogens with zero attached hydrogens (tertiary/aromatic N) is 1. The molecule has 0 aromatic heterocycles. The molecule has 2 aromatic rings. The van der Waals surface area contributed by atoms with E-state index in [1.54, 1.807) is 11.9 Å². The Morgan fingerprint density at radius 1 is 1.00 bits per heavy atom. The quantitative estimate of drug-likeness (QED) is 0.843. The van der Waals surface area contributed by atoms with Crippen molar-refractivity contribution < 1.29 is 9.59 Å². The Hall–Kier alpha value is -2.62. The summed E-state index contributed by atoms with van der Waals surface area (Å²) >= 11 is 0. The summed E-state index contributed by atoms with van der Waals surface area (Å²) < 4.78 is 0. The molecule has 0 saturated carbocycles. The summed E-state index contributed by atoms with van der Waals surface area (Å²) in [6.45, 7) is 4.28. The van der Waals surface area contributed by atoms with Crippen molar-refractivity contribution in [1.82, 2.24) is 10.2 Å². The van der Waals surface area contributed by atoms with Crippen LogP contribution in [0.2, 0.25) is 0 Å². The lowest BCUT2D eigenvalue weighted by atomic mass is 10.0. The van der Waals surface area contributed by atoms with Crippen molar-refractivity contribution in [3.05, 3.63) is 71.3 Å². The van der Waals surface area contributed by atoms with E-state index in [2.05, 4.69) is 5.32 Å². The first kappa shape index (κ1) is 18.7. The van der Waals surface area contributed by atoms with Crippen LogP contribution in [0, 0.1) is 6.92 Å².